The van der Waals surface area contributed by atoms with E-state index < -0.39 is 12.4 Å². The van der Waals surface area contributed by atoms with Crippen molar-refractivity contribution in [3.8, 4) is 0 Å². The van der Waals surface area contributed by atoms with Crippen molar-refractivity contribution >= 4 is 11.7 Å². The van der Waals surface area contributed by atoms with Crippen LogP contribution in [0.25, 0.3) is 0 Å². The largest absolute Gasteiger partial charge is 0.469 e. The molecule has 0 aliphatic heterocycles. The summed E-state index contributed by atoms with van der Waals surface area (Å²) < 4.78 is 29.5. The second-order valence-electron chi connectivity index (χ2n) is 3.28. The number of hydrogen-bond donors (Lipinski definition) is 1. The van der Waals surface area contributed by atoms with E-state index in [-0.39, 0.29) is 23.5 Å². The molecular weight excluding hydrogens is 218 g/mol. The zero-order valence-corrected chi connectivity index (χ0v) is 8.96. The summed E-state index contributed by atoms with van der Waals surface area (Å²) in [5, 5.41) is 0. The molecule has 0 fully saturated rings. The summed E-state index contributed by atoms with van der Waals surface area (Å²) in [6, 6.07) is 1.38. The molecule has 1 heterocycles. The second-order valence-corrected chi connectivity index (χ2v) is 3.28. The van der Waals surface area contributed by atoms with Crippen molar-refractivity contribution in [3.63, 3.8) is 0 Å². The molecule has 0 aliphatic rings. The van der Waals surface area contributed by atoms with Crippen LogP contribution in [0.1, 0.15) is 23.4 Å². The van der Waals surface area contributed by atoms with Crippen LogP contribution in [0, 0.1) is 6.92 Å². The van der Waals surface area contributed by atoms with Crippen LogP contribution in [-0.4, -0.2) is 18.1 Å². The molecule has 1 aromatic heterocycles. The Morgan fingerprint density at radius 3 is 2.75 bits per heavy atom. The minimum absolute atomic E-state index is 0.118. The first-order valence-electron chi connectivity index (χ1n) is 4.56. The number of anilines is 1. The molecule has 0 saturated heterocycles. The van der Waals surface area contributed by atoms with Gasteiger partial charge in [-0.1, -0.05) is 0 Å². The molecule has 0 bridgehead atoms. The number of pyridine rings is 1. The molecule has 1 aromatic rings. The molecule has 2 N–H and O–H groups in total. The van der Waals surface area contributed by atoms with Gasteiger partial charge >= 0.3 is 5.97 Å². The van der Waals surface area contributed by atoms with Gasteiger partial charge in [-0.2, -0.15) is 0 Å². The van der Waals surface area contributed by atoms with E-state index in [1.165, 1.54) is 20.1 Å². The fourth-order valence-corrected chi connectivity index (χ4v) is 1.26. The number of alkyl halides is 2. The van der Waals surface area contributed by atoms with E-state index in [9.17, 15) is 13.6 Å². The van der Waals surface area contributed by atoms with Gasteiger partial charge in [0.15, 0.2) is 0 Å². The Labute approximate surface area is 91.4 Å². The first kappa shape index (κ1) is 12.4. The number of esters is 1. The lowest BCUT2D eigenvalue weighted by molar-refractivity contribution is -0.139. The Hall–Kier alpha value is -1.72. The lowest BCUT2D eigenvalue weighted by atomic mass is 10.1. The van der Waals surface area contributed by atoms with E-state index >= 15 is 0 Å². The number of aryl methyl sites for hydroxylation is 1. The minimum atomic E-state index is -2.68. The number of rotatable bonds is 3. The molecule has 4 nitrogen and oxygen atoms in total. The topological polar surface area (TPSA) is 65.2 Å². The molecule has 1 rings (SSSR count). The third kappa shape index (κ3) is 2.65. The molecule has 16 heavy (non-hydrogen) atoms. The summed E-state index contributed by atoms with van der Waals surface area (Å²) in [6.07, 6.45) is -2.89. The van der Waals surface area contributed by atoms with Crippen molar-refractivity contribution in [3.05, 3.63) is 23.0 Å². The average molecular weight is 230 g/mol. The third-order valence-electron chi connectivity index (χ3n) is 2.11. The van der Waals surface area contributed by atoms with Gasteiger partial charge in [-0.25, -0.2) is 13.8 Å². The van der Waals surface area contributed by atoms with Crippen LogP contribution in [0.3, 0.4) is 0 Å². The van der Waals surface area contributed by atoms with Crippen LogP contribution >= 0.6 is 0 Å². The van der Waals surface area contributed by atoms with Crippen molar-refractivity contribution < 1.29 is 18.3 Å². The van der Waals surface area contributed by atoms with Crippen molar-refractivity contribution in [2.45, 2.75) is 19.8 Å². The zero-order chi connectivity index (χ0) is 12.3. The van der Waals surface area contributed by atoms with E-state index in [0.29, 0.717) is 5.56 Å². The van der Waals surface area contributed by atoms with Gasteiger partial charge in [0, 0.05) is 0 Å². The first-order valence-corrected chi connectivity index (χ1v) is 4.56. The van der Waals surface area contributed by atoms with Crippen molar-refractivity contribution in [2.24, 2.45) is 0 Å². The maximum absolute atomic E-state index is 12.5. The van der Waals surface area contributed by atoms with E-state index in [1.54, 1.807) is 0 Å². The Morgan fingerprint density at radius 2 is 2.25 bits per heavy atom. The maximum atomic E-state index is 12.5. The van der Waals surface area contributed by atoms with Crippen LogP contribution in [0.2, 0.25) is 0 Å². The molecule has 0 unspecified atom stereocenters. The van der Waals surface area contributed by atoms with E-state index in [1.807, 2.05) is 0 Å². The van der Waals surface area contributed by atoms with E-state index in [4.69, 9.17) is 5.73 Å². The summed E-state index contributed by atoms with van der Waals surface area (Å²) in [5.41, 5.74) is 5.86. The summed E-state index contributed by atoms with van der Waals surface area (Å²) in [4.78, 5) is 14.7. The van der Waals surface area contributed by atoms with Gasteiger partial charge in [0.25, 0.3) is 6.43 Å². The molecule has 88 valence electrons. The molecule has 0 amide bonds. The highest BCUT2D eigenvalue weighted by Gasteiger charge is 2.17. The minimum Gasteiger partial charge on any atom is -0.469 e. The smallest absolute Gasteiger partial charge is 0.311 e. The average Bonchev–Trinajstić information content (AvgIpc) is 2.21. The molecule has 0 atom stereocenters. The van der Waals surface area contributed by atoms with Crippen LogP contribution in [-0.2, 0) is 16.0 Å². The number of carbonyl (C=O) groups is 1. The number of carbonyl (C=O) groups excluding carboxylic acids is 1. The molecular formula is C10H12F2N2O2. The lowest BCUT2D eigenvalue weighted by Crippen LogP contribution is -2.11. The Morgan fingerprint density at radius 1 is 1.62 bits per heavy atom. The number of ether oxygens (including phenoxy) is 1. The quantitative estimate of drug-likeness (QED) is 0.801. The highest BCUT2D eigenvalue weighted by atomic mass is 19.3. The monoisotopic (exact) mass is 230 g/mol. The predicted molar refractivity (Wildman–Crippen MR) is 54.1 cm³/mol. The number of methoxy groups -OCH3 is 1. The number of nitrogens with zero attached hydrogens (tertiary/aromatic N) is 1. The van der Waals surface area contributed by atoms with Gasteiger partial charge in [0.1, 0.15) is 5.69 Å². The highest BCUT2D eigenvalue weighted by molar-refractivity contribution is 5.74. The van der Waals surface area contributed by atoms with Crippen molar-refractivity contribution in [1.29, 1.82) is 0 Å². The van der Waals surface area contributed by atoms with Crippen molar-refractivity contribution in [1.82, 2.24) is 4.98 Å². The maximum Gasteiger partial charge on any atom is 0.311 e. The second kappa shape index (κ2) is 4.87. The van der Waals surface area contributed by atoms with Crippen LogP contribution in [0.5, 0.6) is 0 Å². The third-order valence-corrected chi connectivity index (χ3v) is 2.11. The zero-order valence-electron chi connectivity index (χ0n) is 8.96. The summed E-state index contributed by atoms with van der Waals surface area (Å²) in [7, 11) is 1.21. The number of nitrogen functional groups attached to an aromatic ring is 1. The number of halogens is 2. The summed E-state index contributed by atoms with van der Waals surface area (Å²) in [5.74, 6) is -0.566. The summed E-state index contributed by atoms with van der Waals surface area (Å²) >= 11 is 0. The highest BCUT2D eigenvalue weighted by Crippen LogP contribution is 2.24. The normalized spacial score (nSPS) is 10.6. The first-order chi connectivity index (χ1) is 7.45. The predicted octanol–water partition coefficient (Wildman–Crippen LogP) is 1.63. The van der Waals surface area contributed by atoms with Crippen LogP contribution in [0.4, 0.5) is 14.5 Å². The molecule has 0 radical (unpaired) electrons. The fourth-order valence-electron chi connectivity index (χ4n) is 1.26. The van der Waals surface area contributed by atoms with Crippen LogP contribution < -0.4 is 5.73 Å². The van der Waals surface area contributed by atoms with Crippen LogP contribution in [0.15, 0.2) is 6.07 Å². The van der Waals surface area contributed by atoms with E-state index in [2.05, 4.69) is 9.72 Å². The Balaban J connectivity index is 3.09. The number of hydrogen-bond acceptors (Lipinski definition) is 4. The van der Waals surface area contributed by atoms with Crippen molar-refractivity contribution in [2.75, 3.05) is 12.8 Å². The number of nitrogens with two attached hydrogens (primary N) is 1. The van der Waals surface area contributed by atoms with Gasteiger partial charge < -0.3 is 10.5 Å². The van der Waals surface area contributed by atoms with Gasteiger partial charge in [-0.3, -0.25) is 4.79 Å². The SMILES string of the molecule is COC(=O)Cc1nc(C(F)F)c(C)cc1N. The standard InChI is InChI=1S/C10H12F2N2O2/c1-5-3-6(13)7(4-8(15)16-2)14-9(5)10(11)12/h3,10H,4,13H2,1-2H3. The van der Waals surface area contributed by atoms with Gasteiger partial charge in [0.05, 0.1) is 24.9 Å². The Kier molecular flexibility index (Phi) is 3.76. The lowest BCUT2D eigenvalue weighted by Gasteiger charge is -2.09. The number of aromatic nitrogens is 1. The van der Waals surface area contributed by atoms with Gasteiger partial charge in [0.2, 0.25) is 0 Å². The fraction of sp³-hybridized carbons (Fsp3) is 0.400. The molecule has 0 aromatic carbocycles. The molecule has 0 saturated carbocycles. The molecule has 6 heteroatoms. The van der Waals surface area contributed by atoms with Gasteiger partial charge in [-0.05, 0) is 18.6 Å². The Bertz CT molecular complexity index is 408. The van der Waals surface area contributed by atoms with Gasteiger partial charge in [-0.15, -0.1) is 0 Å². The molecule has 0 aliphatic carbocycles. The molecule has 0 spiro atoms. The summed E-state index contributed by atoms with van der Waals surface area (Å²) in [6.45, 7) is 1.49. The van der Waals surface area contributed by atoms with E-state index in [0.717, 1.165) is 0 Å².